The molecule has 0 spiro atoms. The number of amides is 3. The summed E-state index contributed by atoms with van der Waals surface area (Å²) in [5.74, 6) is -2.62. The number of nitro benzene ring substituents is 2. The summed E-state index contributed by atoms with van der Waals surface area (Å²) in [6, 6.07) is 11.8. The molecule has 3 rings (SSSR count). The molecule has 1 aliphatic heterocycles. The summed E-state index contributed by atoms with van der Waals surface area (Å²) in [5.41, 5.74) is 1.48. The molecule has 1 aliphatic rings. The molecule has 3 amide bonds. The number of carboxylic acid groups (broad SMARTS) is 1. The second-order valence-electron chi connectivity index (χ2n) is 8.33. The van der Waals surface area contributed by atoms with Gasteiger partial charge in [-0.15, -0.1) is 0 Å². The summed E-state index contributed by atoms with van der Waals surface area (Å²) in [7, 11) is 0. The molecule has 1 fully saturated rings. The van der Waals surface area contributed by atoms with Gasteiger partial charge in [0.15, 0.2) is 0 Å². The van der Waals surface area contributed by atoms with Crippen LogP contribution in [-0.2, 0) is 22.4 Å². The first-order valence-electron chi connectivity index (χ1n) is 11.2. The molecule has 0 aromatic heterocycles. The molecular weight excluding hydrogens is 474 g/mol. The van der Waals surface area contributed by atoms with Crippen molar-refractivity contribution in [3.8, 4) is 0 Å². The molecule has 13 nitrogen and oxygen atoms in total. The minimum absolute atomic E-state index is 0.0371. The number of benzene rings is 2. The molecule has 0 radical (unpaired) electrons. The van der Waals surface area contributed by atoms with Crippen LogP contribution >= 0.6 is 0 Å². The highest BCUT2D eigenvalue weighted by Crippen LogP contribution is 2.24. The van der Waals surface area contributed by atoms with Crippen molar-refractivity contribution in [2.75, 3.05) is 26.2 Å². The quantitative estimate of drug-likeness (QED) is 0.326. The minimum Gasteiger partial charge on any atom is -0.465 e. The summed E-state index contributed by atoms with van der Waals surface area (Å²) in [6.07, 6.45) is -0.406. The fourth-order valence-electron chi connectivity index (χ4n) is 3.98. The van der Waals surface area contributed by atoms with Crippen molar-refractivity contribution in [3.63, 3.8) is 0 Å². The Hall–Kier alpha value is -4.55. The topological polar surface area (TPSA) is 185 Å². The number of nitrogens with zero attached hydrogens (tertiary/aromatic N) is 3. The van der Waals surface area contributed by atoms with Crippen molar-refractivity contribution in [1.82, 2.24) is 15.5 Å². The van der Waals surface area contributed by atoms with Crippen molar-refractivity contribution < 1.29 is 29.3 Å². The van der Waals surface area contributed by atoms with Crippen molar-refractivity contribution >= 4 is 29.3 Å². The van der Waals surface area contributed by atoms with Crippen molar-refractivity contribution in [3.05, 3.63) is 79.9 Å². The van der Waals surface area contributed by atoms with E-state index in [1.54, 1.807) is 24.3 Å². The molecule has 0 unspecified atom stereocenters. The van der Waals surface area contributed by atoms with Crippen LogP contribution in [0.15, 0.2) is 48.5 Å². The van der Waals surface area contributed by atoms with E-state index < -0.39 is 39.6 Å². The molecule has 0 bridgehead atoms. The SMILES string of the molecule is O=C(NCCc1ccc([N+](=O)[O-])cc1)[C@@H]1CN(C(=O)O)C[C@H]1C(=O)NCCc1ccc([N+](=O)[O-])cc1. The van der Waals surface area contributed by atoms with E-state index in [2.05, 4.69) is 10.6 Å². The van der Waals surface area contributed by atoms with Gasteiger partial charge in [-0.25, -0.2) is 4.79 Å². The molecule has 190 valence electrons. The Kier molecular flexibility index (Phi) is 8.49. The maximum absolute atomic E-state index is 12.8. The molecule has 1 saturated heterocycles. The highest BCUT2D eigenvalue weighted by molar-refractivity contribution is 5.89. The Morgan fingerprint density at radius 1 is 0.778 bits per heavy atom. The number of hydrogen-bond acceptors (Lipinski definition) is 7. The van der Waals surface area contributed by atoms with Gasteiger partial charge in [-0.05, 0) is 24.0 Å². The van der Waals surface area contributed by atoms with Crippen LogP contribution < -0.4 is 10.6 Å². The highest BCUT2D eigenvalue weighted by Gasteiger charge is 2.43. The fraction of sp³-hybridized carbons (Fsp3) is 0.348. The first-order valence-corrected chi connectivity index (χ1v) is 11.2. The molecular formula is C23H25N5O8. The van der Waals surface area contributed by atoms with E-state index in [9.17, 15) is 39.7 Å². The zero-order valence-electron chi connectivity index (χ0n) is 19.2. The summed E-state index contributed by atoms with van der Waals surface area (Å²) < 4.78 is 0. The number of carbonyl (C=O) groups is 3. The Bertz CT molecular complexity index is 1050. The lowest BCUT2D eigenvalue weighted by Crippen LogP contribution is -2.42. The highest BCUT2D eigenvalue weighted by atomic mass is 16.6. The van der Waals surface area contributed by atoms with Crippen molar-refractivity contribution in [2.24, 2.45) is 11.8 Å². The van der Waals surface area contributed by atoms with Gasteiger partial charge in [-0.3, -0.25) is 29.8 Å². The Balaban J connectivity index is 1.53. The lowest BCUT2D eigenvalue weighted by Gasteiger charge is -2.17. The summed E-state index contributed by atoms with van der Waals surface area (Å²) in [4.78, 5) is 58.5. The Morgan fingerprint density at radius 2 is 1.14 bits per heavy atom. The van der Waals surface area contributed by atoms with Gasteiger partial charge in [0, 0.05) is 50.4 Å². The van der Waals surface area contributed by atoms with Gasteiger partial charge in [-0.1, -0.05) is 24.3 Å². The van der Waals surface area contributed by atoms with Gasteiger partial charge in [0.05, 0.1) is 21.7 Å². The maximum Gasteiger partial charge on any atom is 0.407 e. The summed E-state index contributed by atoms with van der Waals surface area (Å²) in [6.45, 7) is 0.210. The fourth-order valence-corrected chi connectivity index (χ4v) is 3.98. The molecule has 0 saturated carbocycles. The zero-order valence-corrected chi connectivity index (χ0v) is 19.2. The second kappa shape index (κ2) is 11.7. The van der Waals surface area contributed by atoms with E-state index in [0.29, 0.717) is 12.8 Å². The lowest BCUT2D eigenvalue weighted by atomic mass is 9.94. The molecule has 0 aliphatic carbocycles. The van der Waals surface area contributed by atoms with E-state index in [0.717, 1.165) is 16.0 Å². The minimum atomic E-state index is -1.22. The predicted molar refractivity (Wildman–Crippen MR) is 126 cm³/mol. The van der Waals surface area contributed by atoms with Crippen molar-refractivity contribution in [1.29, 1.82) is 0 Å². The van der Waals surface area contributed by atoms with Gasteiger partial charge < -0.3 is 20.6 Å². The number of hydrogen-bond donors (Lipinski definition) is 3. The molecule has 2 aromatic carbocycles. The van der Waals surface area contributed by atoms with E-state index in [-0.39, 0.29) is 37.6 Å². The van der Waals surface area contributed by atoms with Crippen molar-refractivity contribution in [2.45, 2.75) is 12.8 Å². The van der Waals surface area contributed by atoms with Gasteiger partial charge >= 0.3 is 6.09 Å². The number of non-ortho nitro benzene ring substituents is 2. The molecule has 36 heavy (non-hydrogen) atoms. The molecule has 1 heterocycles. The van der Waals surface area contributed by atoms with Gasteiger partial charge in [0.25, 0.3) is 11.4 Å². The predicted octanol–water partition coefficient (Wildman–Crippen LogP) is 1.75. The number of nitro groups is 2. The van der Waals surface area contributed by atoms with Crippen LogP contribution in [0.1, 0.15) is 11.1 Å². The number of nitrogens with one attached hydrogen (secondary N) is 2. The molecule has 13 heteroatoms. The number of likely N-dealkylation sites (tertiary alicyclic amines) is 1. The summed E-state index contributed by atoms with van der Waals surface area (Å²) in [5, 5.41) is 36.3. The maximum atomic E-state index is 12.8. The van der Waals surface area contributed by atoms with Gasteiger partial charge in [-0.2, -0.15) is 0 Å². The van der Waals surface area contributed by atoms with Crippen LogP contribution in [0.25, 0.3) is 0 Å². The van der Waals surface area contributed by atoms with Crippen LogP contribution in [0.4, 0.5) is 16.2 Å². The number of carbonyl (C=O) groups excluding carboxylic acids is 2. The average Bonchev–Trinajstić information content (AvgIpc) is 3.31. The normalized spacial score (nSPS) is 16.8. The van der Waals surface area contributed by atoms with Gasteiger partial charge in [0.2, 0.25) is 11.8 Å². The lowest BCUT2D eigenvalue weighted by molar-refractivity contribution is -0.385. The first-order chi connectivity index (χ1) is 17.2. The standard InChI is InChI=1S/C23H25N5O8/c29-21(24-11-9-15-1-5-17(6-2-15)27(33)34)19-13-26(23(31)32)14-20(19)22(30)25-12-10-16-3-7-18(8-4-16)28(35)36/h1-8,19-20H,9-14H2,(H,24,29)(H,25,30)(H,31,32)/t19-,20-/m1/s1. The molecule has 3 N–H and O–H groups in total. The van der Waals surface area contributed by atoms with Gasteiger partial charge in [0.1, 0.15) is 0 Å². The third kappa shape index (κ3) is 6.74. The largest absolute Gasteiger partial charge is 0.465 e. The summed E-state index contributed by atoms with van der Waals surface area (Å²) >= 11 is 0. The monoisotopic (exact) mass is 499 g/mol. The van der Waals surface area contributed by atoms with E-state index in [1.807, 2.05) is 0 Å². The van der Waals surface area contributed by atoms with E-state index in [1.165, 1.54) is 24.3 Å². The first kappa shape index (κ1) is 26.1. The van der Waals surface area contributed by atoms with Crippen LogP contribution in [0.3, 0.4) is 0 Å². The van der Waals surface area contributed by atoms with E-state index in [4.69, 9.17) is 0 Å². The molecule has 2 atom stereocenters. The zero-order chi connectivity index (χ0) is 26.2. The van der Waals surface area contributed by atoms with Crippen LogP contribution in [0, 0.1) is 32.1 Å². The Labute approximate surface area is 205 Å². The average molecular weight is 499 g/mol. The third-order valence-electron chi connectivity index (χ3n) is 5.98. The number of rotatable bonds is 10. The van der Waals surface area contributed by atoms with Crippen LogP contribution in [-0.4, -0.2) is 63.9 Å². The molecule has 2 aromatic rings. The van der Waals surface area contributed by atoms with Crippen LogP contribution in [0.5, 0.6) is 0 Å². The second-order valence-corrected chi connectivity index (χ2v) is 8.33. The van der Waals surface area contributed by atoms with E-state index >= 15 is 0 Å². The van der Waals surface area contributed by atoms with Crippen LogP contribution in [0.2, 0.25) is 0 Å². The Morgan fingerprint density at radius 3 is 1.44 bits per heavy atom. The third-order valence-corrected chi connectivity index (χ3v) is 5.98. The smallest absolute Gasteiger partial charge is 0.407 e.